The summed E-state index contributed by atoms with van der Waals surface area (Å²) in [6.45, 7) is 2.10. The van der Waals surface area contributed by atoms with E-state index in [-0.39, 0.29) is 5.78 Å². The van der Waals surface area contributed by atoms with Gasteiger partial charge in [-0.1, -0.05) is 6.92 Å². The summed E-state index contributed by atoms with van der Waals surface area (Å²) in [5, 5.41) is 0. The van der Waals surface area contributed by atoms with Crippen LogP contribution >= 0.6 is 11.3 Å². The van der Waals surface area contributed by atoms with Crippen molar-refractivity contribution in [3.05, 3.63) is 40.0 Å². The fourth-order valence-corrected chi connectivity index (χ4v) is 2.52. The Morgan fingerprint density at radius 3 is 2.78 bits per heavy atom. The van der Waals surface area contributed by atoms with Crippen LogP contribution in [0.15, 0.2) is 24.5 Å². The van der Waals surface area contributed by atoms with Crippen LogP contribution in [0, 0.1) is 0 Å². The number of aromatic nitrogens is 2. The monoisotopic (exact) mass is 262 g/mol. The van der Waals surface area contributed by atoms with E-state index in [0.29, 0.717) is 18.0 Å². The number of nitrogens with zero attached hydrogens (tertiary/aromatic N) is 2. The molecule has 0 aliphatic heterocycles. The molecule has 18 heavy (non-hydrogen) atoms. The molecule has 0 bridgehead atoms. The van der Waals surface area contributed by atoms with Crippen LogP contribution in [0.4, 0.5) is 0 Å². The lowest BCUT2D eigenvalue weighted by molar-refractivity contribution is 0.0988. The van der Waals surface area contributed by atoms with Gasteiger partial charge in [0.25, 0.3) is 0 Å². The summed E-state index contributed by atoms with van der Waals surface area (Å²) in [5.74, 6) is 0.397. The van der Waals surface area contributed by atoms with Crippen molar-refractivity contribution < 1.29 is 9.53 Å². The number of Topliss-reactive ketones (excluding diaryl/α,β-unsaturated/α-hetero) is 1. The van der Waals surface area contributed by atoms with Crippen molar-refractivity contribution in [3.63, 3.8) is 0 Å². The van der Waals surface area contributed by atoms with Gasteiger partial charge in [0.15, 0.2) is 5.78 Å². The van der Waals surface area contributed by atoms with Crippen molar-refractivity contribution in [2.24, 2.45) is 0 Å². The van der Waals surface area contributed by atoms with E-state index in [0.717, 1.165) is 11.3 Å². The van der Waals surface area contributed by atoms with Crippen LogP contribution in [0.1, 0.15) is 27.2 Å². The Labute approximate surface area is 110 Å². The summed E-state index contributed by atoms with van der Waals surface area (Å²) >= 11 is 1.67. The summed E-state index contributed by atoms with van der Waals surface area (Å²) < 4.78 is 4.98. The maximum absolute atomic E-state index is 12.0. The summed E-state index contributed by atoms with van der Waals surface area (Å²) in [4.78, 5) is 22.3. The normalized spacial score (nSPS) is 10.3. The fourth-order valence-electron chi connectivity index (χ4n) is 1.56. The van der Waals surface area contributed by atoms with E-state index in [2.05, 4.69) is 23.0 Å². The largest absolute Gasteiger partial charge is 0.481 e. The number of thiophene rings is 1. The highest BCUT2D eigenvalue weighted by Gasteiger charge is 2.11. The fraction of sp³-hybridized carbons (Fsp3) is 0.308. The molecule has 0 radical (unpaired) electrons. The lowest BCUT2D eigenvalue weighted by Crippen LogP contribution is -2.05. The minimum absolute atomic E-state index is 0.0137. The van der Waals surface area contributed by atoms with Gasteiger partial charge in [0.1, 0.15) is 12.0 Å². The first-order valence-electron chi connectivity index (χ1n) is 5.69. The molecule has 0 aromatic carbocycles. The highest BCUT2D eigenvalue weighted by atomic mass is 32.1. The summed E-state index contributed by atoms with van der Waals surface area (Å²) in [7, 11) is 1.52. The molecule has 0 unspecified atom stereocenters. The summed E-state index contributed by atoms with van der Waals surface area (Å²) in [6, 6.07) is 5.63. The predicted molar refractivity (Wildman–Crippen MR) is 70.3 cm³/mol. The Balaban J connectivity index is 2.11. The Hall–Kier alpha value is -1.75. The summed E-state index contributed by atoms with van der Waals surface area (Å²) in [5.41, 5.74) is 0.397. The van der Waals surface area contributed by atoms with E-state index in [1.165, 1.54) is 18.3 Å². The minimum atomic E-state index is -0.0137. The second-order valence-electron chi connectivity index (χ2n) is 3.77. The third-order valence-electron chi connectivity index (χ3n) is 2.54. The molecule has 0 fully saturated rings. The molecular formula is C13H14N2O2S. The molecule has 0 saturated heterocycles. The average Bonchev–Trinajstić information content (AvgIpc) is 2.86. The number of methoxy groups -OCH3 is 1. The van der Waals surface area contributed by atoms with Crippen LogP contribution in [0.2, 0.25) is 0 Å². The quantitative estimate of drug-likeness (QED) is 0.777. The van der Waals surface area contributed by atoms with E-state index in [4.69, 9.17) is 4.74 Å². The van der Waals surface area contributed by atoms with Crippen molar-refractivity contribution >= 4 is 17.1 Å². The molecule has 0 spiro atoms. The molecule has 4 nitrogen and oxygen atoms in total. The third-order valence-corrected chi connectivity index (χ3v) is 3.77. The Bertz CT molecular complexity index is 551. The van der Waals surface area contributed by atoms with Crippen molar-refractivity contribution in [2.75, 3.05) is 7.11 Å². The highest BCUT2D eigenvalue weighted by Crippen LogP contribution is 2.19. The van der Waals surface area contributed by atoms with Gasteiger partial charge in [0.2, 0.25) is 5.88 Å². The molecular weight excluding hydrogens is 248 g/mol. The second kappa shape index (κ2) is 5.73. The number of ketones is 1. The zero-order valence-electron chi connectivity index (χ0n) is 10.3. The molecule has 5 heteroatoms. The smallest absolute Gasteiger partial charge is 0.216 e. The number of ether oxygens (including phenoxy) is 1. The number of rotatable bonds is 5. The number of carbonyl (C=O) groups is 1. The first-order chi connectivity index (χ1) is 8.72. The molecule has 2 aromatic rings. The first kappa shape index (κ1) is 12.7. The summed E-state index contributed by atoms with van der Waals surface area (Å²) in [6.07, 6.45) is 2.73. The molecule has 0 amide bonds. The minimum Gasteiger partial charge on any atom is -0.481 e. The van der Waals surface area contributed by atoms with Crippen molar-refractivity contribution in [1.29, 1.82) is 0 Å². The molecule has 0 N–H and O–H groups in total. The molecule has 94 valence electrons. The molecule has 2 aromatic heterocycles. The molecule has 2 heterocycles. The standard InChI is InChI=1S/C13H14N2O2S/c1-3-9-4-5-10(18-9)6-12(16)11-7-13(17-2)15-8-14-11/h4-5,7-8H,3,6H2,1-2H3. The third kappa shape index (κ3) is 2.92. The number of hydrogen-bond donors (Lipinski definition) is 0. The predicted octanol–water partition coefficient (Wildman–Crippen LogP) is 2.53. The van der Waals surface area contributed by atoms with E-state index in [9.17, 15) is 4.79 Å². The number of hydrogen-bond acceptors (Lipinski definition) is 5. The molecule has 2 rings (SSSR count). The van der Waals surface area contributed by atoms with Gasteiger partial charge in [-0.05, 0) is 18.6 Å². The van der Waals surface area contributed by atoms with E-state index in [1.807, 2.05) is 6.07 Å². The first-order valence-corrected chi connectivity index (χ1v) is 6.51. The Kier molecular flexibility index (Phi) is 4.04. The molecule has 0 atom stereocenters. The SMILES string of the molecule is CCc1ccc(CC(=O)c2cc(OC)ncn2)s1. The lowest BCUT2D eigenvalue weighted by atomic mass is 10.2. The van der Waals surface area contributed by atoms with Crippen LogP contribution in [0.5, 0.6) is 5.88 Å². The van der Waals surface area contributed by atoms with Crippen LogP contribution in [0.3, 0.4) is 0 Å². The number of carbonyl (C=O) groups excluding carboxylic acids is 1. The van der Waals surface area contributed by atoms with Gasteiger partial charge in [0, 0.05) is 22.2 Å². The second-order valence-corrected chi connectivity index (χ2v) is 5.02. The van der Waals surface area contributed by atoms with Crippen LogP contribution in [-0.4, -0.2) is 22.9 Å². The van der Waals surface area contributed by atoms with E-state index < -0.39 is 0 Å². The average molecular weight is 262 g/mol. The van der Waals surface area contributed by atoms with Crippen molar-refractivity contribution in [1.82, 2.24) is 9.97 Å². The van der Waals surface area contributed by atoms with E-state index >= 15 is 0 Å². The molecule has 0 aliphatic carbocycles. The van der Waals surface area contributed by atoms with Gasteiger partial charge in [0.05, 0.1) is 7.11 Å². The van der Waals surface area contributed by atoms with Gasteiger partial charge in [-0.15, -0.1) is 11.3 Å². The zero-order valence-corrected chi connectivity index (χ0v) is 11.2. The Morgan fingerprint density at radius 1 is 1.33 bits per heavy atom. The maximum atomic E-state index is 12.0. The van der Waals surface area contributed by atoms with Gasteiger partial charge >= 0.3 is 0 Å². The maximum Gasteiger partial charge on any atom is 0.216 e. The number of aryl methyl sites for hydroxylation is 1. The van der Waals surface area contributed by atoms with Crippen molar-refractivity contribution in [3.8, 4) is 5.88 Å². The van der Waals surface area contributed by atoms with E-state index in [1.54, 1.807) is 17.4 Å². The van der Waals surface area contributed by atoms with Gasteiger partial charge < -0.3 is 4.74 Å². The van der Waals surface area contributed by atoms with Crippen molar-refractivity contribution in [2.45, 2.75) is 19.8 Å². The Morgan fingerprint density at radius 2 is 2.11 bits per heavy atom. The topological polar surface area (TPSA) is 52.1 Å². The highest BCUT2D eigenvalue weighted by molar-refractivity contribution is 7.12. The molecule has 0 aliphatic rings. The van der Waals surface area contributed by atoms with Gasteiger partial charge in [-0.2, -0.15) is 0 Å². The van der Waals surface area contributed by atoms with Gasteiger partial charge in [-0.25, -0.2) is 9.97 Å². The van der Waals surface area contributed by atoms with Crippen LogP contribution in [-0.2, 0) is 12.8 Å². The zero-order chi connectivity index (χ0) is 13.0. The molecule has 0 saturated carbocycles. The van der Waals surface area contributed by atoms with Crippen LogP contribution < -0.4 is 4.74 Å². The van der Waals surface area contributed by atoms with Crippen LogP contribution in [0.25, 0.3) is 0 Å². The van der Waals surface area contributed by atoms with Gasteiger partial charge in [-0.3, -0.25) is 4.79 Å². The lowest BCUT2D eigenvalue weighted by Gasteiger charge is -2.01.